The molecule has 0 atom stereocenters. The first-order valence-electron chi connectivity index (χ1n) is 12.0. The van der Waals surface area contributed by atoms with Gasteiger partial charge in [-0.15, -0.1) is 0 Å². The molecule has 10 heteroatoms. The van der Waals surface area contributed by atoms with Crippen LogP contribution in [-0.4, -0.2) is 46.7 Å². The second kappa shape index (κ2) is 8.77. The Morgan fingerprint density at radius 1 is 1.06 bits per heavy atom. The standard InChI is InChI=1S/C26H30N6O3S/c1-17(2)20-10-12-21(13-11-20)32(36(34,35)25-18(3)28-29(5)19(25)4)16-24(33)31-15-14-30-23-9-7-6-8-22(23)27-26(30)31/h6-13,17H,14-16H2,1-5H3. The third-order valence-electron chi connectivity index (χ3n) is 6.84. The molecule has 1 aliphatic rings. The fourth-order valence-corrected chi connectivity index (χ4v) is 6.63. The maximum absolute atomic E-state index is 14.0. The highest BCUT2D eigenvalue weighted by Crippen LogP contribution is 2.31. The van der Waals surface area contributed by atoms with Crippen molar-refractivity contribution in [1.29, 1.82) is 0 Å². The Balaban J connectivity index is 1.55. The first-order valence-corrected chi connectivity index (χ1v) is 13.4. The molecule has 0 spiro atoms. The third kappa shape index (κ3) is 3.85. The van der Waals surface area contributed by atoms with Crippen molar-refractivity contribution in [2.75, 3.05) is 22.3 Å². The lowest BCUT2D eigenvalue weighted by atomic mass is 10.0. The number of para-hydroxylation sites is 2. The number of sulfonamides is 1. The first-order chi connectivity index (χ1) is 17.1. The summed E-state index contributed by atoms with van der Waals surface area (Å²) in [5, 5.41) is 4.30. The van der Waals surface area contributed by atoms with Gasteiger partial charge >= 0.3 is 0 Å². The summed E-state index contributed by atoms with van der Waals surface area (Å²) >= 11 is 0. The number of aryl methyl sites for hydroxylation is 2. The van der Waals surface area contributed by atoms with Gasteiger partial charge in [-0.3, -0.25) is 18.7 Å². The molecule has 36 heavy (non-hydrogen) atoms. The highest BCUT2D eigenvalue weighted by Gasteiger charge is 2.36. The van der Waals surface area contributed by atoms with E-state index in [1.165, 1.54) is 4.31 Å². The Bertz CT molecular complexity index is 1570. The maximum Gasteiger partial charge on any atom is 0.268 e. The second-order valence-electron chi connectivity index (χ2n) is 9.48. The number of nitrogens with zero attached hydrogens (tertiary/aromatic N) is 6. The van der Waals surface area contributed by atoms with Crippen molar-refractivity contribution < 1.29 is 13.2 Å². The van der Waals surface area contributed by atoms with E-state index in [4.69, 9.17) is 0 Å². The van der Waals surface area contributed by atoms with Crippen LogP contribution in [0.15, 0.2) is 53.4 Å². The molecule has 3 heterocycles. The Labute approximate surface area is 211 Å². The molecule has 0 fully saturated rings. The van der Waals surface area contributed by atoms with E-state index < -0.39 is 10.0 Å². The van der Waals surface area contributed by atoms with Gasteiger partial charge in [-0.2, -0.15) is 5.10 Å². The normalized spacial score (nSPS) is 13.6. The lowest BCUT2D eigenvalue weighted by molar-refractivity contribution is -0.117. The van der Waals surface area contributed by atoms with Crippen LogP contribution in [0.5, 0.6) is 0 Å². The number of fused-ring (bicyclic) bond motifs is 3. The van der Waals surface area contributed by atoms with Crippen LogP contribution >= 0.6 is 0 Å². The monoisotopic (exact) mass is 506 g/mol. The van der Waals surface area contributed by atoms with Crippen molar-refractivity contribution in [3.63, 3.8) is 0 Å². The number of carbonyl (C=O) groups excluding carboxylic acids is 1. The molecular formula is C26H30N6O3S. The zero-order chi connectivity index (χ0) is 25.8. The van der Waals surface area contributed by atoms with Gasteiger partial charge in [0.2, 0.25) is 11.9 Å². The Kier molecular flexibility index (Phi) is 5.86. The van der Waals surface area contributed by atoms with Gasteiger partial charge < -0.3 is 4.57 Å². The largest absolute Gasteiger partial charge is 0.308 e. The van der Waals surface area contributed by atoms with Crippen LogP contribution in [0.4, 0.5) is 11.6 Å². The lowest BCUT2D eigenvalue weighted by Gasteiger charge is -2.26. The molecule has 1 aliphatic heterocycles. The molecule has 0 saturated heterocycles. The van der Waals surface area contributed by atoms with E-state index in [2.05, 4.69) is 23.9 Å². The number of imidazole rings is 1. The number of hydrogen-bond donors (Lipinski definition) is 0. The van der Waals surface area contributed by atoms with Crippen LogP contribution in [0.2, 0.25) is 0 Å². The Morgan fingerprint density at radius 3 is 2.39 bits per heavy atom. The van der Waals surface area contributed by atoms with Crippen molar-refractivity contribution in [3.05, 3.63) is 65.5 Å². The molecule has 1 amide bonds. The molecule has 4 aromatic rings. The summed E-state index contributed by atoms with van der Waals surface area (Å²) < 4.78 is 32.8. The van der Waals surface area contributed by atoms with Crippen molar-refractivity contribution in [3.8, 4) is 0 Å². The van der Waals surface area contributed by atoms with Gasteiger partial charge in [0, 0.05) is 20.1 Å². The molecule has 2 aromatic carbocycles. The summed E-state index contributed by atoms with van der Waals surface area (Å²) in [6.45, 7) is 8.25. The number of aromatic nitrogens is 4. The Hall–Kier alpha value is -3.66. The number of anilines is 2. The average molecular weight is 507 g/mol. The van der Waals surface area contributed by atoms with Gasteiger partial charge in [0.1, 0.15) is 11.4 Å². The van der Waals surface area contributed by atoms with Gasteiger partial charge in [0.15, 0.2) is 0 Å². The summed E-state index contributed by atoms with van der Waals surface area (Å²) in [5.41, 5.74) is 4.20. The summed E-state index contributed by atoms with van der Waals surface area (Å²) in [7, 11) is -2.37. The van der Waals surface area contributed by atoms with Gasteiger partial charge in [-0.25, -0.2) is 13.4 Å². The SMILES string of the molecule is Cc1nn(C)c(C)c1S(=O)(=O)N(CC(=O)N1CCn2c1nc1ccccc12)c1ccc(C(C)C)cc1. The highest BCUT2D eigenvalue weighted by atomic mass is 32.2. The summed E-state index contributed by atoms with van der Waals surface area (Å²) in [6, 6.07) is 15.1. The van der Waals surface area contributed by atoms with Crippen LogP contribution in [-0.2, 0) is 28.4 Å². The summed E-state index contributed by atoms with van der Waals surface area (Å²) in [5.74, 6) is 0.508. The molecule has 0 aliphatic carbocycles. The van der Waals surface area contributed by atoms with Crippen LogP contribution in [0, 0.1) is 13.8 Å². The summed E-state index contributed by atoms with van der Waals surface area (Å²) in [6.07, 6.45) is 0. The van der Waals surface area contributed by atoms with E-state index in [0.717, 1.165) is 16.6 Å². The average Bonchev–Trinajstić information content (AvgIpc) is 3.49. The number of benzene rings is 2. The van der Waals surface area contributed by atoms with Gasteiger partial charge in [-0.1, -0.05) is 38.1 Å². The topological polar surface area (TPSA) is 93.3 Å². The van der Waals surface area contributed by atoms with E-state index in [9.17, 15) is 13.2 Å². The number of rotatable bonds is 6. The molecule has 188 valence electrons. The zero-order valence-corrected chi connectivity index (χ0v) is 22.0. The van der Waals surface area contributed by atoms with Crippen LogP contribution in [0.1, 0.15) is 36.7 Å². The van der Waals surface area contributed by atoms with Crippen molar-refractivity contribution >= 4 is 38.6 Å². The van der Waals surface area contributed by atoms with E-state index in [1.807, 2.05) is 41.0 Å². The summed E-state index contributed by atoms with van der Waals surface area (Å²) in [4.78, 5) is 20.0. The van der Waals surface area contributed by atoms with Crippen molar-refractivity contribution in [1.82, 2.24) is 19.3 Å². The minimum absolute atomic E-state index is 0.124. The molecule has 0 saturated carbocycles. The molecule has 0 radical (unpaired) electrons. The molecule has 0 N–H and O–H groups in total. The number of amides is 1. The second-order valence-corrected chi connectivity index (χ2v) is 11.3. The minimum Gasteiger partial charge on any atom is -0.308 e. The molecule has 5 rings (SSSR count). The van der Waals surface area contributed by atoms with Gasteiger partial charge in [0.05, 0.1) is 28.1 Å². The zero-order valence-electron chi connectivity index (χ0n) is 21.1. The first kappa shape index (κ1) is 24.1. The lowest BCUT2D eigenvalue weighted by Crippen LogP contribution is -2.43. The third-order valence-corrected chi connectivity index (χ3v) is 8.87. The van der Waals surface area contributed by atoms with Crippen molar-refractivity contribution in [2.45, 2.75) is 45.1 Å². The fraction of sp³-hybridized carbons (Fsp3) is 0.346. The van der Waals surface area contributed by atoms with E-state index in [0.29, 0.717) is 42.0 Å². The van der Waals surface area contributed by atoms with Crippen LogP contribution in [0.25, 0.3) is 11.0 Å². The van der Waals surface area contributed by atoms with E-state index in [-0.39, 0.29) is 17.3 Å². The van der Waals surface area contributed by atoms with Crippen LogP contribution < -0.4 is 9.21 Å². The van der Waals surface area contributed by atoms with Gasteiger partial charge in [-0.05, 0) is 49.6 Å². The molecule has 0 bridgehead atoms. The smallest absolute Gasteiger partial charge is 0.268 e. The quantitative estimate of drug-likeness (QED) is 0.397. The molecule has 2 aromatic heterocycles. The highest BCUT2D eigenvalue weighted by molar-refractivity contribution is 7.93. The van der Waals surface area contributed by atoms with Crippen molar-refractivity contribution in [2.24, 2.45) is 7.05 Å². The number of carbonyl (C=O) groups is 1. The molecular weight excluding hydrogens is 476 g/mol. The molecule has 0 unspecified atom stereocenters. The van der Waals surface area contributed by atoms with Gasteiger partial charge in [0.25, 0.3) is 10.0 Å². The predicted molar refractivity (Wildman–Crippen MR) is 140 cm³/mol. The minimum atomic E-state index is -4.08. The van der Waals surface area contributed by atoms with E-state index >= 15 is 0 Å². The number of hydrogen-bond acceptors (Lipinski definition) is 5. The predicted octanol–water partition coefficient (Wildman–Crippen LogP) is 3.75. The Morgan fingerprint density at radius 2 is 1.75 bits per heavy atom. The molecule has 9 nitrogen and oxygen atoms in total. The van der Waals surface area contributed by atoms with E-state index in [1.54, 1.807) is 42.6 Å². The fourth-order valence-electron chi connectivity index (χ4n) is 4.81. The maximum atomic E-state index is 14.0. The van der Waals surface area contributed by atoms with Crippen LogP contribution in [0.3, 0.4) is 0 Å².